The molecular weight excluding hydrogens is 162 g/mol. The van der Waals surface area contributed by atoms with Crippen LogP contribution in [-0.4, -0.2) is 22.3 Å². The van der Waals surface area contributed by atoms with Gasteiger partial charge < -0.3 is 5.11 Å². The third kappa shape index (κ3) is 5.70. The summed E-state index contributed by atoms with van der Waals surface area (Å²) in [6.45, 7) is 1.95. The van der Waals surface area contributed by atoms with E-state index in [4.69, 9.17) is 5.11 Å². The third-order valence-corrected chi connectivity index (χ3v) is 1.50. The molecule has 0 aliphatic rings. The van der Waals surface area contributed by atoms with Gasteiger partial charge in [-0.3, -0.25) is 4.79 Å². The Hall–Kier alpha value is -0.730. The van der Waals surface area contributed by atoms with Gasteiger partial charge in [-0.1, -0.05) is 6.92 Å². The van der Waals surface area contributed by atoms with E-state index in [2.05, 4.69) is 22.4 Å². The Bertz CT molecular complexity index is 175. The number of hydrogen-bond acceptors (Lipinski definition) is 3. The zero-order valence-corrected chi connectivity index (χ0v) is 7.23. The first kappa shape index (κ1) is 10.3. The number of hydrogen-bond donors (Lipinski definition) is 1. The molecule has 62 valence electrons. The molecule has 0 bridgehead atoms. The summed E-state index contributed by atoms with van der Waals surface area (Å²) in [6, 6.07) is 0.0311. The van der Waals surface area contributed by atoms with E-state index in [0.29, 0.717) is 6.42 Å². The minimum absolute atomic E-state index is 0.0311. The second-order valence-corrected chi connectivity index (χ2v) is 2.40. The number of carboxylic acids is 1. The van der Waals surface area contributed by atoms with Gasteiger partial charge in [0.25, 0.3) is 0 Å². The monoisotopic (exact) mass is 173 g/mol. The Morgan fingerprint density at radius 1 is 1.82 bits per heavy atom. The summed E-state index contributed by atoms with van der Waals surface area (Å²) in [7, 11) is 0. The SMILES string of the molecule is CCC(CCC(=O)O)N=C=S. The average Bonchev–Trinajstić information content (AvgIpc) is 1.97. The van der Waals surface area contributed by atoms with Crippen LogP contribution in [0.3, 0.4) is 0 Å². The highest BCUT2D eigenvalue weighted by atomic mass is 32.1. The summed E-state index contributed by atoms with van der Waals surface area (Å²) in [5, 5.41) is 10.6. The molecule has 4 heteroatoms. The lowest BCUT2D eigenvalue weighted by atomic mass is 10.1. The zero-order chi connectivity index (χ0) is 8.69. The van der Waals surface area contributed by atoms with Crippen molar-refractivity contribution in [1.82, 2.24) is 0 Å². The second-order valence-electron chi connectivity index (χ2n) is 2.21. The molecule has 0 fully saturated rings. The Kier molecular flexibility index (Phi) is 5.61. The Morgan fingerprint density at radius 3 is 2.82 bits per heavy atom. The van der Waals surface area contributed by atoms with Gasteiger partial charge in [-0.25, -0.2) is 4.99 Å². The van der Waals surface area contributed by atoms with Crippen LogP contribution in [0.25, 0.3) is 0 Å². The van der Waals surface area contributed by atoms with Gasteiger partial charge in [-0.15, -0.1) is 0 Å². The highest BCUT2D eigenvalue weighted by Gasteiger charge is 2.05. The van der Waals surface area contributed by atoms with Crippen LogP contribution in [0.5, 0.6) is 0 Å². The van der Waals surface area contributed by atoms with E-state index in [-0.39, 0.29) is 12.5 Å². The van der Waals surface area contributed by atoms with Gasteiger partial charge in [-0.2, -0.15) is 0 Å². The van der Waals surface area contributed by atoms with Crippen LogP contribution in [0.1, 0.15) is 26.2 Å². The van der Waals surface area contributed by atoms with Gasteiger partial charge in [-0.05, 0) is 25.1 Å². The molecule has 11 heavy (non-hydrogen) atoms. The molecule has 0 aliphatic carbocycles. The van der Waals surface area contributed by atoms with E-state index in [1.54, 1.807) is 0 Å². The van der Waals surface area contributed by atoms with Gasteiger partial charge >= 0.3 is 5.97 Å². The van der Waals surface area contributed by atoms with Crippen molar-refractivity contribution in [2.75, 3.05) is 0 Å². The van der Waals surface area contributed by atoms with Gasteiger partial charge in [0.1, 0.15) is 0 Å². The molecule has 0 aromatic rings. The largest absolute Gasteiger partial charge is 0.481 e. The molecule has 1 unspecified atom stereocenters. The van der Waals surface area contributed by atoms with Crippen molar-refractivity contribution in [3.05, 3.63) is 0 Å². The third-order valence-electron chi connectivity index (χ3n) is 1.40. The number of carbonyl (C=O) groups is 1. The quantitative estimate of drug-likeness (QED) is 0.509. The molecule has 0 aliphatic heterocycles. The number of aliphatic carboxylic acids is 1. The molecule has 0 radical (unpaired) electrons. The van der Waals surface area contributed by atoms with Crippen LogP contribution in [0.15, 0.2) is 4.99 Å². The minimum atomic E-state index is -0.789. The first-order chi connectivity index (χ1) is 5.20. The zero-order valence-electron chi connectivity index (χ0n) is 6.41. The number of rotatable bonds is 5. The smallest absolute Gasteiger partial charge is 0.303 e. The lowest BCUT2D eigenvalue weighted by Gasteiger charge is -2.03. The van der Waals surface area contributed by atoms with Crippen LogP contribution < -0.4 is 0 Å². The molecule has 0 spiro atoms. The fraction of sp³-hybridized carbons (Fsp3) is 0.714. The summed E-state index contributed by atoms with van der Waals surface area (Å²) in [5.41, 5.74) is 0. The normalized spacial score (nSPS) is 11.7. The number of isothiocyanates is 1. The molecule has 0 amide bonds. The lowest BCUT2D eigenvalue weighted by molar-refractivity contribution is -0.137. The Morgan fingerprint density at radius 2 is 2.45 bits per heavy atom. The van der Waals surface area contributed by atoms with Crippen molar-refractivity contribution in [2.45, 2.75) is 32.2 Å². The van der Waals surface area contributed by atoms with Crippen molar-refractivity contribution in [3.63, 3.8) is 0 Å². The Balaban J connectivity index is 3.69. The first-order valence-electron chi connectivity index (χ1n) is 3.49. The topological polar surface area (TPSA) is 49.7 Å². The summed E-state index contributed by atoms with van der Waals surface area (Å²) in [5.74, 6) is -0.789. The minimum Gasteiger partial charge on any atom is -0.481 e. The summed E-state index contributed by atoms with van der Waals surface area (Å²) >= 11 is 4.41. The van der Waals surface area contributed by atoms with Crippen LogP contribution >= 0.6 is 12.2 Å². The maximum Gasteiger partial charge on any atom is 0.303 e. The maximum absolute atomic E-state index is 10.1. The van der Waals surface area contributed by atoms with E-state index in [1.807, 2.05) is 6.92 Å². The maximum atomic E-state index is 10.1. The molecule has 0 rings (SSSR count). The van der Waals surface area contributed by atoms with Gasteiger partial charge in [0.2, 0.25) is 0 Å². The highest BCUT2D eigenvalue weighted by molar-refractivity contribution is 7.78. The first-order valence-corrected chi connectivity index (χ1v) is 3.90. The van der Waals surface area contributed by atoms with E-state index in [1.165, 1.54) is 0 Å². The predicted octanol–water partition coefficient (Wildman–Crippen LogP) is 1.73. The number of carboxylic acid groups (broad SMARTS) is 1. The molecule has 3 nitrogen and oxygen atoms in total. The average molecular weight is 173 g/mol. The molecule has 0 saturated carbocycles. The predicted molar refractivity (Wildman–Crippen MR) is 46.0 cm³/mol. The fourth-order valence-corrected chi connectivity index (χ4v) is 0.874. The standard InChI is InChI=1S/C7H11NO2S/c1-2-6(8-5-11)3-4-7(9)10/h6H,2-4H2,1H3,(H,9,10). The molecule has 0 heterocycles. The van der Waals surface area contributed by atoms with E-state index in [0.717, 1.165) is 6.42 Å². The number of aliphatic imine (C=N–C) groups is 1. The van der Waals surface area contributed by atoms with Gasteiger partial charge in [0, 0.05) is 6.42 Å². The Labute approximate surface area is 71.1 Å². The molecule has 1 atom stereocenters. The van der Waals surface area contributed by atoms with Crippen molar-refractivity contribution in [3.8, 4) is 0 Å². The van der Waals surface area contributed by atoms with E-state index < -0.39 is 5.97 Å². The van der Waals surface area contributed by atoms with Crippen molar-refractivity contribution < 1.29 is 9.90 Å². The highest BCUT2D eigenvalue weighted by Crippen LogP contribution is 2.05. The molecular formula is C7H11NO2S. The van der Waals surface area contributed by atoms with Crippen molar-refractivity contribution in [1.29, 1.82) is 0 Å². The van der Waals surface area contributed by atoms with Crippen molar-refractivity contribution >= 4 is 23.3 Å². The van der Waals surface area contributed by atoms with Crippen LogP contribution in [0.2, 0.25) is 0 Å². The summed E-state index contributed by atoms with van der Waals surface area (Å²) in [4.78, 5) is 14.0. The summed E-state index contributed by atoms with van der Waals surface area (Å²) < 4.78 is 0. The van der Waals surface area contributed by atoms with Gasteiger partial charge in [0.15, 0.2) is 0 Å². The molecule has 0 aromatic heterocycles. The van der Waals surface area contributed by atoms with E-state index in [9.17, 15) is 4.79 Å². The lowest BCUT2D eigenvalue weighted by Crippen LogP contribution is -2.05. The van der Waals surface area contributed by atoms with Crippen LogP contribution in [-0.2, 0) is 4.79 Å². The van der Waals surface area contributed by atoms with Crippen LogP contribution in [0, 0.1) is 0 Å². The van der Waals surface area contributed by atoms with Crippen LogP contribution in [0.4, 0.5) is 0 Å². The molecule has 0 saturated heterocycles. The van der Waals surface area contributed by atoms with Crippen molar-refractivity contribution in [2.24, 2.45) is 4.99 Å². The molecule has 1 N–H and O–H groups in total. The second kappa shape index (κ2) is 6.01. The number of thiocarbonyl (C=S) groups is 1. The molecule has 0 aromatic carbocycles. The number of nitrogens with zero attached hydrogens (tertiary/aromatic N) is 1. The fourth-order valence-electron chi connectivity index (χ4n) is 0.725. The van der Waals surface area contributed by atoms with E-state index >= 15 is 0 Å². The summed E-state index contributed by atoms with van der Waals surface area (Å²) in [6.07, 6.45) is 1.52. The van der Waals surface area contributed by atoms with Gasteiger partial charge in [0.05, 0.1) is 11.2 Å².